The zero-order valence-corrected chi connectivity index (χ0v) is 24.1. The number of carbonyl (C=O) groups excluding carboxylic acids is 2. The quantitative estimate of drug-likeness (QED) is 0.313. The highest BCUT2D eigenvalue weighted by Gasteiger charge is 2.24. The number of amides is 3. The third-order valence-corrected chi connectivity index (χ3v) is 7.79. The number of nitrogens with zero attached hydrogens (tertiary/aromatic N) is 3. The number of anilines is 1. The van der Waals surface area contributed by atoms with E-state index in [1.807, 2.05) is 54.8 Å². The molecule has 0 bridgehead atoms. The molecule has 10 nitrogen and oxygen atoms in total. The molecule has 2 aliphatic rings. The van der Waals surface area contributed by atoms with Gasteiger partial charge in [-0.15, -0.1) is 11.8 Å². The Kier molecular flexibility index (Phi) is 10.1. The fraction of sp³-hybridized carbons (Fsp3) is 0.400. The van der Waals surface area contributed by atoms with Gasteiger partial charge in [-0.3, -0.25) is 9.69 Å². The van der Waals surface area contributed by atoms with Crippen LogP contribution in [0.3, 0.4) is 0 Å². The number of benzene rings is 2. The third kappa shape index (κ3) is 8.18. The maximum atomic E-state index is 13.8. The van der Waals surface area contributed by atoms with E-state index < -0.39 is 0 Å². The smallest absolute Gasteiger partial charge is 0.322 e. The van der Waals surface area contributed by atoms with E-state index in [0.29, 0.717) is 36.0 Å². The monoisotopic (exact) mass is 580 g/mol. The van der Waals surface area contributed by atoms with Crippen molar-refractivity contribution in [2.75, 3.05) is 64.3 Å². The van der Waals surface area contributed by atoms with E-state index >= 15 is 0 Å². The highest BCUT2D eigenvalue weighted by atomic mass is 32.2. The van der Waals surface area contributed by atoms with Gasteiger partial charge in [-0.25, -0.2) is 4.79 Å². The zero-order chi connectivity index (χ0) is 28.4. The number of hydrogen-bond donors (Lipinski definition) is 1. The first-order valence-electron chi connectivity index (χ1n) is 13.8. The predicted molar refractivity (Wildman–Crippen MR) is 156 cm³/mol. The molecule has 1 N–H and O–H groups in total. The molecule has 3 amide bonds. The van der Waals surface area contributed by atoms with Gasteiger partial charge in [0.15, 0.2) is 11.5 Å². The van der Waals surface area contributed by atoms with Crippen molar-refractivity contribution in [3.8, 4) is 11.5 Å². The van der Waals surface area contributed by atoms with Crippen molar-refractivity contribution < 1.29 is 28.2 Å². The molecule has 2 aliphatic heterocycles. The van der Waals surface area contributed by atoms with Crippen LogP contribution in [-0.2, 0) is 22.6 Å². The van der Waals surface area contributed by atoms with Crippen molar-refractivity contribution in [3.63, 3.8) is 0 Å². The number of nitrogens with one attached hydrogen (secondary N) is 1. The number of carbonyl (C=O) groups is 2. The molecule has 0 saturated carbocycles. The highest BCUT2D eigenvalue weighted by Crippen LogP contribution is 2.33. The molecule has 5 rings (SSSR count). The molecule has 218 valence electrons. The van der Waals surface area contributed by atoms with Crippen molar-refractivity contribution in [1.29, 1.82) is 0 Å². The van der Waals surface area contributed by atoms with E-state index in [4.69, 9.17) is 18.6 Å². The molecule has 1 saturated heterocycles. The van der Waals surface area contributed by atoms with E-state index in [2.05, 4.69) is 10.2 Å². The second-order valence-corrected chi connectivity index (χ2v) is 10.8. The Morgan fingerprint density at radius 3 is 2.54 bits per heavy atom. The van der Waals surface area contributed by atoms with Crippen molar-refractivity contribution in [2.24, 2.45) is 0 Å². The lowest BCUT2D eigenvalue weighted by Crippen LogP contribution is -2.45. The first-order chi connectivity index (χ1) is 20.1. The first kappa shape index (κ1) is 28.8. The number of hydrogen-bond acceptors (Lipinski definition) is 8. The minimum atomic E-state index is -0.307. The Morgan fingerprint density at radius 1 is 0.976 bits per heavy atom. The fourth-order valence-electron chi connectivity index (χ4n) is 4.79. The average molecular weight is 581 g/mol. The van der Waals surface area contributed by atoms with Crippen molar-refractivity contribution in [3.05, 3.63) is 72.2 Å². The molecule has 11 heteroatoms. The lowest BCUT2D eigenvalue weighted by molar-refractivity contribution is -0.133. The van der Waals surface area contributed by atoms with Crippen LogP contribution in [0, 0.1) is 0 Å². The standard InChI is InChI=1S/C30H36N4O6S/c1-41-26-8-6-24(7-9-26)31-30(36)33(12-3-11-32-13-16-37-17-14-32)21-29(35)34(20-25-4-2-15-38-25)19-23-5-10-27-28(18-23)40-22-39-27/h2,4-10,15,18H,3,11-14,16-17,19-22H2,1H3,(H,31,36). The molecular formula is C30H36N4O6S. The fourth-order valence-corrected chi connectivity index (χ4v) is 5.19. The Balaban J connectivity index is 1.29. The van der Waals surface area contributed by atoms with Gasteiger partial charge in [-0.1, -0.05) is 6.07 Å². The summed E-state index contributed by atoms with van der Waals surface area (Å²) in [5.74, 6) is 1.82. The summed E-state index contributed by atoms with van der Waals surface area (Å²) in [5, 5.41) is 2.97. The first-order valence-corrected chi connectivity index (χ1v) is 15.0. The summed E-state index contributed by atoms with van der Waals surface area (Å²) in [7, 11) is 0. The van der Waals surface area contributed by atoms with Gasteiger partial charge in [0.05, 0.1) is 26.0 Å². The van der Waals surface area contributed by atoms with Crippen LogP contribution in [0.15, 0.2) is 70.2 Å². The molecule has 0 spiro atoms. The highest BCUT2D eigenvalue weighted by molar-refractivity contribution is 7.98. The van der Waals surface area contributed by atoms with Crippen LogP contribution in [0.4, 0.5) is 10.5 Å². The van der Waals surface area contributed by atoms with Crippen LogP contribution in [0.2, 0.25) is 0 Å². The minimum absolute atomic E-state index is 0.0664. The minimum Gasteiger partial charge on any atom is -0.467 e. The Labute approximate surface area is 244 Å². The summed E-state index contributed by atoms with van der Waals surface area (Å²) in [4.78, 5) is 34.0. The van der Waals surface area contributed by atoms with Gasteiger partial charge in [0.25, 0.3) is 0 Å². The van der Waals surface area contributed by atoms with Crippen LogP contribution >= 0.6 is 11.8 Å². The Morgan fingerprint density at radius 2 is 1.78 bits per heavy atom. The van der Waals surface area contributed by atoms with Gasteiger partial charge >= 0.3 is 6.03 Å². The summed E-state index contributed by atoms with van der Waals surface area (Å²) < 4.78 is 22.0. The summed E-state index contributed by atoms with van der Waals surface area (Å²) in [5.41, 5.74) is 1.58. The molecule has 0 radical (unpaired) electrons. The van der Waals surface area contributed by atoms with E-state index in [-0.39, 0.29) is 31.8 Å². The molecule has 0 aliphatic carbocycles. The number of urea groups is 1. The van der Waals surface area contributed by atoms with Crippen LogP contribution < -0.4 is 14.8 Å². The largest absolute Gasteiger partial charge is 0.467 e. The molecule has 3 heterocycles. The third-order valence-electron chi connectivity index (χ3n) is 7.05. The van der Waals surface area contributed by atoms with Crippen molar-refractivity contribution in [2.45, 2.75) is 24.4 Å². The second kappa shape index (κ2) is 14.3. The van der Waals surface area contributed by atoms with E-state index in [9.17, 15) is 9.59 Å². The van der Waals surface area contributed by atoms with E-state index in [1.54, 1.807) is 33.9 Å². The maximum Gasteiger partial charge on any atom is 0.322 e. The summed E-state index contributed by atoms with van der Waals surface area (Å²) >= 11 is 1.64. The second-order valence-electron chi connectivity index (χ2n) is 9.90. The van der Waals surface area contributed by atoms with Gasteiger partial charge in [0, 0.05) is 43.3 Å². The normalized spacial score (nSPS) is 14.6. The molecule has 3 aromatic rings. The molecular weight excluding hydrogens is 544 g/mol. The van der Waals surface area contributed by atoms with E-state index in [1.165, 1.54) is 0 Å². The zero-order valence-electron chi connectivity index (χ0n) is 23.3. The maximum absolute atomic E-state index is 13.8. The van der Waals surface area contributed by atoms with Gasteiger partial charge in [-0.05, 0) is 66.8 Å². The molecule has 0 unspecified atom stereocenters. The number of morpholine rings is 1. The molecule has 2 aromatic carbocycles. The molecule has 1 fully saturated rings. The number of ether oxygens (including phenoxy) is 3. The van der Waals surface area contributed by atoms with Crippen LogP contribution in [0.1, 0.15) is 17.7 Å². The molecule has 41 heavy (non-hydrogen) atoms. The van der Waals surface area contributed by atoms with Crippen LogP contribution in [0.5, 0.6) is 11.5 Å². The lowest BCUT2D eigenvalue weighted by atomic mass is 10.2. The average Bonchev–Trinajstić information content (AvgIpc) is 3.69. The lowest BCUT2D eigenvalue weighted by Gasteiger charge is -2.30. The van der Waals surface area contributed by atoms with Crippen LogP contribution in [0.25, 0.3) is 0 Å². The topological polar surface area (TPSA) is 96.7 Å². The number of thioether (sulfide) groups is 1. The van der Waals surface area contributed by atoms with Crippen LogP contribution in [-0.4, -0.2) is 85.6 Å². The molecule has 0 atom stereocenters. The van der Waals surface area contributed by atoms with Gasteiger partial charge in [0.1, 0.15) is 12.3 Å². The van der Waals surface area contributed by atoms with Gasteiger partial charge in [0.2, 0.25) is 12.7 Å². The number of rotatable bonds is 12. The predicted octanol–water partition coefficient (Wildman–Crippen LogP) is 4.52. The van der Waals surface area contributed by atoms with Crippen molar-refractivity contribution in [1.82, 2.24) is 14.7 Å². The van der Waals surface area contributed by atoms with Gasteiger partial charge < -0.3 is 33.7 Å². The Bertz CT molecular complexity index is 1280. The number of furan rings is 1. The molecule has 1 aromatic heterocycles. The summed E-state index contributed by atoms with van der Waals surface area (Å²) in [6.07, 6.45) is 4.34. The van der Waals surface area contributed by atoms with Crippen molar-refractivity contribution >= 4 is 29.4 Å². The SMILES string of the molecule is CSc1ccc(NC(=O)N(CCCN2CCOCC2)CC(=O)N(Cc2ccc3c(c2)OCO3)Cc2ccco2)cc1. The summed E-state index contributed by atoms with van der Waals surface area (Å²) in [6.45, 7) is 5.18. The Hall–Kier alpha value is -3.67. The number of fused-ring (bicyclic) bond motifs is 1. The summed E-state index contributed by atoms with van der Waals surface area (Å²) in [6, 6.07) is 16.7. The van der Waals surface area contributed by atoms with Gasteiger partial charge in [-0.2, -0.15) is 0 Å². The van der Waals surface area contributed by atoms with E-state index in [0.717, 1.165) is 49.7 Å².